The summed E-state index contributed by atoms with van der Waals surface area (Å²) in [6, 6.07) is 3.50. The Morgan fingerprint density at radius 2 is 2.08 bits per heavy atom. The van der Waals surface area contributed by atoms with Crippen molar-refractivity contribution < 1.29 is 18.0 Å². The first kappa shape index (κ1) is 16.9. The van der Waals surface area contributed by atoms with Crippen LogP contribution in [-0.4, -0.2) is 44.6 Å². The van der Waals surface area contributed by atoms with Crippen LogP contribution in [0.1, 0.15) is 24.5 Å². The van der Waals surface area contributed by atoms with Crippen LogP contribution >= 0.6 is 0 Å². The number of piperidine rings is 1. The third-order valence-electron chi connectivity index (χ3n) is 5.06. The number of pyridine rings is 1. The van der Waals surface area contributed by atoms with Gasteiger partial charge >= 0.3 is 6.18 Å². The summed E-state index contributed by atoms with van der Waals surface area (Å²) in [7, 11) is 0. The van der Waals surface area contributed by atoms with Crippen molar-refractivity contribution in [2.75, 3.05) is 13.1 Å². The predicted molar refractivity (Wildman–Crippen MR) is 86.4 cm³/mol. The summed E-state index contributed by atoms with van der Waals surface area (Å²) in [5, 5.41) is 0. The first-order chi connectivity index (χ1) is 12.3. The second kappa shape index (κ2) is 6.00. The van der Waals surface area contributed by atoms with Gasteiger partial charge in [0.25, 0.3) is 5.56 Å². The summed E-state index contributed by atoms with van der Waals surface area (Å²) in [6.07, 6.45) is -1.96. The molecule has 2 aliphatic heterocycles. The molecule has 0 aliphatic carbocycles. The van der Waals surface area contributed by atoms with Crippen molar-refractivity contribution in [3.05, 3.63) is 40.6 Å². The van der Waals surface area contributed by atoms with Gasteiger partial charge in [0.1, 0.15) is 12.2 Å². The number of hydrogen-bond donors (Lipinski definition) is 1. The van der Waals surface area contributed by atoms with Crippen LogP contribution in [0.25, 0.3) is 11.4 Å². The number of nitrogens with one attached hydrogen (secondary N) is 1. The number of H-pyrrole nitrogens is 1. The molecule has 1 amide bonds. The van der Waals surface area contributed by atoms with Crippen LogP contribution < -0.4 is 5.56 Å². The van der Waals surface area contributed by atoms with Crippen LogP contribution in [0.2, 0.25) is 0 Å². The second-order valence-electron chi connectivity index (χ2n) is 6.91. The lowest BCUT2D eigenvalue weighted by molar-refractivity contribution is -0.163. The maximum atomic E-state index is 12.8. The smallest absolute Gasteiger partial charge is 0.344 e. The van der Waals surface area contributed by atoms with E-state index < -0.39 is 18.5 Å². The maximum absolute atomic E-state index is 12.8. The fourth-order valence-corrected chi connectivity index (χ4v) is 4.03. The van der Waals surface area contributed by atoms with Gasteiger partial charge in [0.2, 0.25) is 5.91 Å². The van der Waals surface area contributed by atoms with Crippen LogP contribution in [0, 0.1) is 5.92 Å². The number of carbonyl (C=O) groups is 1. The number of halogens is 3. The quantitative estimate of drug-likeness (QED) is 0.885. The first-order valence-corrected chi connectivity index (χ1v) is 8.40. The molecular formula is C17H17F3N4O2. The van der Waals surface area contributed by atoms with E-state index in [0.717, 1.165) is 12.1 Å². The minimum absolute atomic E-state index is 0.0250. The lowest BCUT2D eigenvalue weighted by Crippen LogP contribution is -2.50. The van der Waals surface area contributed by atoms with E-state index >= 15 is 0 Å². The largest absolute Gasteiger partial charge is 0.397 e. The Hall–Kier alpha value is -2.58. The topological polar surface area (TPSA) is 71.0 Å². The van der Waals surface area contributed by atoms with E-state index in [9.17, 15) is 22.8 Å². The van der Waals surface area contributed by atoms with Gasteiger partial charge in [-0.15, -0.1) is 0 Å². The molecule has 0 radical (unpaired) electrons. The molecule has 4 heterocycles. The number of alkyl halides is 3. The Bertz CT molecular complexity index is 888. The third kappa shape index (κ3) is 3.02. The number of aromatic amines is 1. The number of amides is 1. The average molecular weight is 366 g/mol. The van der Waals surface area contributed by atoms with Crippen molar-refractivity contribution in [1.82, 2.24) is 19.4 Å². The number of hydrogen-bond acceptors (Lipinski definition) is 3. The van der Waals surface area contributed by atoms with Crippen LogP contribution in [0.15, 0.2) is 29.3 Å². The normalized spacial score (nSPS) is 22.2. The Balaban J connectivity index is 1.62. The van der Waals surface area contributed by atoms with Gasteiger partial charge < -0.3 is 14.5 Å². The molecule has 2 aliphatic rings. The molecule has 2 bridgehead atoms. The molecule has 0 aromatic carbocycles. The fraction of sp³-hybridized carbons (Fsp3) is 0.471. The molecule has 138 valence electrons. The maximum Gasteiger partial charge on any atom is 0.397 e. The monoisotopic (exact) mass is 366 g/mol. The minimum Gasteiger partial charge on any atom is -0.344 e. The van der Waals surface area contributed by atoms with Crippen molar-refractivity contribution >= 4 is 5.91 Å². The molecule has 2 atom stereocenters. The van der Waals surface area contributed by atoms with E-state index in [0.29, 0.717) is 17.9 Å². The molecule has 26 heavy (non-hydrogen) atoms. The van der Waals surface area contributed by atoms with E-state index in [1.807, 2.05) is 6.07 Å². The Morgan fingerprint density at radius 1 is 1.27 bits per heavy atom. The van der Waals surface area contributed by atoms with Crippen LogP contribution in [0.5, 0.6) is 0 Å². The molecule has 2 aromatic rings. The van der Waals surface area contributed by atoms with E-state index in [1.165, 1.54) is 4.90 Å². The number of likely N-dealkylation sites (tertiary alicyclic amines) is 1. The van der Waals surface area contributed by atoms with Crippen LogP contribution in [0.3, 0.4) is 0 Å². The zero-order valence-corrected chi connectivity index (χ0v) is 13.8. The van der Waals surface area contributed by atoms with Crippen molar-refractivity contribution in [2.24, 2.45) is 5.92 Å². The fourth-order valence-electron chi connectivity index (χ4n) is 4.03. The zero-order valence-electron chi connectivity index (χ0n) is 13.8. The summed E-state index contributed by atoms with van der Waals surface area (Å²) in [6.45, 7) is 0.863. The molecule has 0 spiro atoms. The van der Waals surface area contributed by atoms with Gasteiger partial charge in [-0.2, -0.15) is 13.2 Å². The molecule has 6 nitrogen and oxygen atoms in total. The molecule has 0 saturated carbocycles. The van der Waals surface area contributed by atoms with Gasteiger partial charge in [-0.3, -0.25) is 9.59 Å². The SMILES string of the molecule is O=C(CC(F)(F)F)N1C[C@@H]2C[C@H](C1)c1ccc(-c3ncc[nH]3)c(=O)n1C2. The highest BCUT2D eigenvalue weighted by Gasteiger charge is 2.40. The summed E-state index contributed by atoms with van der Waals surface area (Å²) < 4.78 is 39.2. The molecular weight excluding hydrogens is 349 g/mol. The predicted octanol–water partition coefficient (Wildman–Crippen LogP) is 2.14. The third-order valence-corrected chi connectivity index (χ3v) is 5.06. The summed E-state index contributed by atoms with van der Waals surface area (Å²) >= 11 is 0. The average Bonchev–Trinajstić information content (AvgIpc) is 3.08. The molecule has 1 saturated heterocycles. The van der Waals surface area contributed by atoms with Gasteiger partial charge in [0.05, 0.1) is 5.56 Å². The van der Waals surface area contributed by atoms with Crippen LogP contribution in [-0.2, 0) is 11.3 Å². The van der Waals surface area contributed by atoms with Gasteiger partial charge in [-0.25, -0.2) is 4.98 Å². The zero-order chi connectivity index (χ0) is 18.5. The van der Waals surface area contributed by atoms with Crippen molar-refractivity contribution in [2.45, 2.75) is 31.5 Å². The van der Waals surface area contributed by atoms with Gasteiger partial charge in [-0.05, 0) is 24.5 Å². The lowest BCUT2D eigenvalue weighted by Gasteiger charge is -2.43. The highest BCUT2D eigenvalue weighted by atomic mass is 19.4. The Morgan fingerprint density at radius 3 is 2.77 bits per heavy atom. The minimum atomic E-state index is -4.50. The van der Waals surface area contributed by atoms with E-state index in [-0.39, 0.29) is 30.5 Å². The van der Waals surface area contributed by atoms with Gasteiger partial charge in [0.15, 0.2) is 0 Å². The van der Waals surface area contributed by atoms with E-state index in [4.69, 9.17) is 0 Å². The lowest BCUT2D eigenvalue weighted by atomic mass is 9.83. The molecule has 1 N–H and O–H groups in total. The van der Waals surface area contributed by atoms with Crippen molar-refractivity contribution in [3.8, 4) is 11.4 Å². The Labute approximate surface area is 146 Å². The number of aromatic nitrogens is 3. The van der Waals surface area contributed by atoms with Gasteiger partial charge in [-0.1, -0.05) is 0 Å². The standard InChI is InChI=1S/C17H17F3N4O2/c18-17(19,20)6-14(25)23-7-10-5-11(9-23)13-2-1-12(15-21-3-4-22-15)16(26)24(13)8-10/h1-4,10-11H,5-9H2,(H,21,22)/t10-,11+/m0/s1. The van der Waals surface area contributed by atoms with Crippen molar-refractivity contribution in [3.63, 3.8) is 0 Å². The van der Waals surface area contributed by atoms with Gasteiger partial charge in [0, 0.05) is 43.6 Å². The van der Waals surface area contributed by atoms with Crippen LogP contribution in [0.4, 0.5) is 13.2 Å². The number of fused-ring (bicyclic) bond motifs is 4. The molecule has 0 unspecified atom stereocenters. The number of carbonyl (C=O) groups excluding carboxylic acids is 1. The number of rotatable bonds is 2. The molecule has 2 aromatic heterocycles. The summed E-state index contributed by atoms with van der Waals surface area (Å²) in [5.74, 6) is -0.556. The second-order valence-corrected chi connectivity index (χ2v) is 6.91. The molecule has 4 rings (SSSR count). The Kier molecular flexibility index (Phi) is 3.89. The number of nitrogens with zero attached hydrogens (tertiary/aromatic N) is 3. The van der Waals surface area contributed by atoms with Crippen molar-refractivity contribution in [1.29, 1.82) is 0 Å². The molecule has 9 heteroatoms. The van der Waals surface area contributed by atoms with E-state index in [1.54, 1.807) is 23.0 Å². The summed E-state index contributed by atoms with van der Waals surface area (Å²) in [4.78, 5) is 33.1. The number of imidazole rings is 1. The summed E-state index contributed by atoms with van der Waals surface area (Å²) in [5.41, 5.74) is 1.07. The van der Waals surface area contributed by atoms with E-state index in [2.05, 4.69) is 9.97 Å². The molecule has 1 fully saturated rings. The highest BCUT2D eigenvalue weighted by Crippen LogP contribution is 2.36. The highest BCUT2D eigenvalue weighted by molar-refractivity contribution is 5.77. The first-order valence-electron chi connectivity index (χ1n) is 8.40.